The minimum atomic E-state index is 0.0382. The van der Waals surface area contributed by atoms with Crippen LogP contribution in [0.5, 0.6) is 0 Å². The van der Waals surface area contributed by atoms with Gasteiger partial charge < -0.3 is 4.74 Å². The normalized spacial score (nSPS) is 35.4. The van der Waals surface area contributed by atoms with Crippen molar-refractivity contribution < 1.29 is 4.74 Å². The maximum atomic E-state index is 5.79. The molecule has 3 nitrogen and oxygen atoms in total. The molecule has 0 amide bonds. The van der Waals surface area contributed by atoms with Gasteiger partial charge in [0.1, 0.15) is 0 Å². The summed E-state index contributed by atoms with van der Waals surface area (Å²) in [5, 5.41) is 0. The molecule has 0 saturated heterocycles. The Morgan fingerprint density at radius 3 is 2.50 bits per heavy atom. The van der Waals surface area contributed by atoms with E-state index in [2.05, 4.69) is 12.3 Å². The van der Waals surface area contributed by atoms with Crippen molar-refractivity contribution in [3.05, 3.63) is 0 Å². The summed E-state index contributed by atoms with van der Waals surface area (Å²) in [4.78, 5) is 0. The molecule has 0 bridgehead atoms. The van der Waals surface area contributed by atoms with Crippen molar-refractivity contribution >= 4 is 0 Å². The first-order valence-electron chi connectivity index (χ1n) is 6.73. The molecule has 3 unspecified atom stereocenters. The summed E-state index contributed by atoms with van der Waals surface area (Å²) >= 11 is 0. The molecule has 2 saturated carbocycles. The van der Waals surface area contributed by atoms with Crippen LogP contribution in [0.15, 0.2) is 0 Å². The lowest BCUT2D eigenvalue weighted by molar-refractivity contribution is -0.116. The lowest BCUT2D eigenvalue weighted by Crippen LogP contribution is -2.61. The highest BCUT2D eigenvalue weighted by Crippen LogP contribution is 2.44. The SMILES string of the molecule is COC1(C(NN)C2CCCC(C)C2)CCC1. The summed E-state index contributed by atoms with van der Waals surface area (Å²) in [6.07, 6.45) is 8.97. The van der Waals surface area contributed by atoms with E-state index < -0.39 is 0 Å². The summed E-state index contributed by atoms with van der Waals surface area (Å²) in [5.74, 6) is 7.34. The molecule has 0 heterocycles. The van der Waals surface area contributed by atoms with Crippen molar-refractivity contribution in [1.82, 2.24) is 5.43 Å². The summed E-state index contributed by atoms with van der Waals surface area (Å²) in [6, 6.07) is 0.356. The molecule has 2 aliphatic rings. The fourth-order valence-corrected chi connectivity index (χ4v) is 3.67. The number of hydrogen-bond acceptors (Lipinski definition) is 3. The number of hydrogen-bond donors (Lipinski definition) is 2. The predicted molar refractivity (Wildman–Crippen MR) is 65.8 cm³/mol. The first-order chi connectivity index (χ1) is 7.72. The van der Waals surface area contributed by atoms with Gasteiger partial charge in [-0.3, -0.25) is 11.3 Å². The molecule has 94 valence electrons. The Morgan fingerprint density at radius 1 is 1.31 bits per heavy atom. The van der Waals surface area contributed by atoms with Crippen LogP contribution in [0.1, 0.15) is 51.9 Å². The van der Waals surface area contributed by atoms with Crippen molar-refractivity contribution in [3.63, 3.8) is 0 Å². The first-order valence-corrected chi connectivity index (χ1v) is 6.73. The maximum Gasteiger partial charge on any atom is 0.0847 e. The van der Waals surface area contributed by atoms with E-state index in [4.69, 9.17) is 10.6 Å². The highest BCUT2D eigenvalue weighted by atomic mass is 16.5. The molecule has 3 atom stereocenters. The van der Waals surface area contributed by atoms with Crippen LogP contribution in [0.25, 0.3) is 0 Å². The average Bonchev–Trinajstić information content (AvgIpc) is 2.23. The third kappa shape index (κ3) is 2.13. The molecule has 0 aliphatic heterocycles. The minimum Gasteiger partial charge on any atom is -0.377 e. The van der Waals surface area contributed by atoms with Gasteiger partial charge >= 0.3 is 0 Å². The molecule has 0 aromatic rings. The third-order valence-corrected chi connectivity index (χ3v) is 4.80. The number of hydrazine groups is 1. The van der Waals surface area contributed by atoms with E-state index in [9.17, 15) is 0 Å². The summed E-state index contributed by atoms with van der Waals surface area (Å²) in [5.41, 5.74) is 3.10. The fraction of sp³-hybridized carbons (Fsp3) is 1.00. The Hall–Kier alpha value is -0.120. The molecule has 0 aromatic heterocycles. The van der Waals surface area contributed by atoms with E-state index in [0.717, 1.165) is 5.92 Å². The zero-order chi connectivity index (χ0) is 11.6. The number of methoxy groups -OCH3 is 1. The van der Waals surface area contributed by atoms with Gasteiger partial charge in [0.2, 0.25) is 0 Å². The largest absolute Gasteiger partial charge is 0.377 e. The van der Waals surface area contributed by atoms with Crippen molar-refractivity contribution in [1.29, 1.82) is 0 Å². The Balaban J connectivity index is 2.03. The second-order valence-corrected chi connectivity index (χ2v) is 5.80. The van der Waals surface area contributed by atoms with Gasteiger partial charge in [-0.05, 0) is 43.9 Å². The molecule has 0 aromatic carbocycles. The van der Waals surface area contributed by atoms with E-state index in [-0.39, 0.29) is 5.60 Å². The van der Waals surface area contributed by atoms with E-state index in [1.165, 1.54) is 44.9 Å². The van der Waals surface area contributed by atoms with Gasteiger partial charge in [0.15, 0.2) is 0 Å². The van der Waals surface area contributed by atoms with Gasteiger partial charge in [-0.1, -0.05) is 19.8 Å². The summed E-state index contributed by atoms with van der Waals surface area (Å²) in [6.45, 7) is 2.36. The Morgan fingerprint density at radius 2 is 2.06 bits per heavy atom. The second kappa shape index (κ2) is 5.03. The fourth-order valence-electron chi connectivity index (χ4n) is 3.67. The molecule has 3 heteroatoms. The van der Waals surface area contributed by atoms with Crippen LogP contribution >= 0.6 is 0 Å². The van der Waals surface area contributed by atoms with Crippen LogP contribution in [-0.2, 0) is 4.74 Å². The van der Waals surface area contributed by atoms with Crippen LogP contribution in [0.4, 0.5) is 0 Å². The number of nitrogens with one attached hydrogen (secondary N) is 1. The second-order valence-electron chi connectivity index (χ2n) is 5.80. The molecule has 0 radical (unpaired) electrons. The summed E-state index contributed by atoms with van der Waals surface area (Å²) < 4.78 is 5.77. The lowest BCUT2D eigenvalue weighted by atomic mass is 9.66. The number of ether oxygens (including phenoxy) is 1. The standard InChI is InChI=1S/C13H26N2O/c1-10-5-3-6-11(9-10)12(15-14)13(16-2)7-4-8-13/h10-12,15H,3-9,14H2,1-2H3. The van der Waals surface area contributed by atoms with E-state index in [1.54, 1.807) is 0 Å². The van der Waals surface area contributed by atoms with Crippen molar-refractivity contribution in [2.24, 2.45) is 17.7 Å². The summed E-state index contributed by atoms with van der Waals surface area (Å²) in [7, 11) is 1.84. The highest BCUT2D eigenvalue weighted by molar-refractivity contribution is 5.02. The van der Waals surface area contributed by atoms with Crippen LogP contribution in [0.3, 0.4) is 0 Å². The quantitative estimate of drug-likeness (QED) is 0.571. The monoisotopic (exact) mass is 226 g/mol. The number of rotatable bonds is 4. The zero-order valence-corrected chi connectivity index (χ0v) is 10.7. The van der Waals surface area contributed by atoms with Crippen LogP contribution in [0, 0.1) is 11.8 Å². The Kier molecular flexibility index (Phi) is 3.88. The molecule has 2 rings (SSSR count). The lowest BCUT2D eigenvalue weighted by Gasteiger charge is -2.50. The molecule has 16 heavy (non-hydrogen) atoms. The highest BCUT2D eigenvalue weighted by Gasteiger charge is 2.47. The molecule has 0 spiro atoms. The van der Waals surface area contributed by atoms with Gasteiger partial charge in [0.05, 0.1) is 11.6 Å². The van der Waals surface area contributed by atoms with Gasteiger partial charge in [-0.15, -0.1) is 0 Å². The van der Waals surface area contributed by atoms with Crippen LogP contribution in [-0.4, -0.2) is 18.8 Å². The van der Waals surface area contributed by atoms with Crippen LogP contribution < -0.4 is 11.3 Å². The van der Waals surface area contributed by atoms with E-state index in [0.29, 0.717) is 12.0 Å². The van der Waals surface area contributed by atoms with E-state index in [1.807, 2.05) is 7.11 Å². The topological polar surface area (TPSA) is 47.3 Å². The molecule has 3 N–H and O–H groups in total. The Labute approximate surface area is 99.1 Å². The number of nitrogens with two attached hydrogens (primary N) is 1. The molecule has 2 aliphatic carbocycles. The minimum absolute atomic E-state index is 0.0382. The smallest absolute Gasteiger partial charge is 0.0847 e. The Bertz CT molecular complexity index is 222. The van der Waals surface area contributed by atoms with Gasteiger partial charge in [0, 0.05) is 7.11 Å². The predicted octanol–water partition coefficient (Wildman–Crippen LogP) is 2.21. The molecular formula is C13H26N2O. The first kappa shape index (κ1) is 12.3. The molecule has 2 fully saturated rings. The van der Waals surface area contributed by atoms with Gasteiger partial charge in [0.25, 0.3) is 0 Å². The van der Waals surface area contributed by atoms with Gasteiger partial charge in [-0.25, -0.2) is 0 Å². The van der Waals surface area contributed by atoms with E-state index >= 15 is 0 Å². The van der Waals surface area contributed by atoms with Crippen molar-refractivity contribution in [3.8, 4) is 0 Å². The van der Waals surface area contributed by atoms with Crippen LogP contribution in [0.2, 0.25) is 0 Å². The maximum absolute atomic E-state index is 5.79. The third-order valence-electron chi connectivity index (χ3n) is 4.80. The van der Waals surface area contributed by atoms with Crippen molar-refractivity contribution in [2.75, 3.05) is 7.11 Å². The average molecular weight is 226 g/mol. The van der Waals surface area contributed by atoms with Crippen molar-refractivity contribution in [2.45, 2.75) is 63.5 Å². The zero-order valence-electron chi connectivity index (χ0n) is 10.7. The molecular weight excluding hydrogens is 200 g/mol. The van der Waals surface area contributed by atoms with Gasteiger partial charge in [-0.2, -0.15) is 0 Å².